The Balaban J connectivity index is 2.09. The molecule has 1 aromatic carbocycles. The Morgan fingerprint density at radius 3 is 2.24 bits per heavy atom. The van der Waals surface area contributed by atoms with E-state index >= 15 is 0 Å². The Morgan fingerprint density at radius 1 is 1.00 bits per heavy atom. The first-order valence-corrected chi connectivity index (χ1v) is 5.80. The van der Waals surface area contributed by atoms with Gasteiger partial charge in [0.05, 0.1) is 0 Å². The van der Waals surface area contributed by atoms with Gasteiger partial charge in [-0.05, 0) is 29.7 Å². The van der Waals surface area contributed by atoms with Crippen molar-refractivity contribution in [2.75, 3.05) is 0 Å². The van der Waals surface area contributed by atoms with Gasteiger partial charge < -0.3 is 0 Å². The largest absolute Gasteiger partial charge is 0.294 e. The van der Waals surface area contributed by atoms with E-state index in [-0.39, 0.29) is 5.78 Å². The van der Waals surface area contributed by atoms with Gasteiger partial charge in [-0.15, -0.1) is 0 Å². The smallest absolute Gasteiger partial charge is 0.167 e. The van der Waals surface area contributed by atoms with Gasteiger partial charge in [0.25, 0.3) is 0 Å². The van der Waals surface area contributed by atoms with Crippen LogP contribution in [0.5, 0.6) is 0 Å². The standard InChI is InChI=1S/C15H15NO/c1-2-12-3-5-14(6-4-12)15(17)11-13-7-9-16-10-8-13/h3-10H,2,11H2,1H3. The van der Waals surface area contributed by atoms with Crippen LogP contribution in [-0.2, 0) is 12.8 Å². The number of aryl methyl sites for hydroxylation is 1. The summed E-state index contributed by atoms with van der Waals surface area (Å²) < 4.78 is 0. The fraction of sp³-hybridized carbons (Fsp3) is 0.200. The number of hydrogen-bond acceptors (Lipinski definition) is 2. The predicted molar refractivity (Wildman–Crippen MR) is 68.1 cm³/mol. The topological polar surface area (TPSA) is 30.0 Å². The number of benzene rings is 1. The van der Waals surface area contributed by atoms with E-state index in [0.717, 1.165) is 17.5 Å². The maximum absolute atomic E-state index is 12.0. The summed E-state index contributed by atoms with van der Waals surface area (Å²) >= 11 is 0. The van der Waals surface area contributed by atoms with Crippen LogP contribution in [0.4, 0.5) is 0 Å². The van der Waals surface area contributed by atoms with Crippen molar-refractivity contribution in [1.29, 1.82) is 0 Å². The summed E-state index contributed by atoms with van der Waals surface area (Å²) in [6, 6.07) is 11.6. The highest BCUT2D eigenvalue weighted by molar-refractivity contribution is 5.97. The van der Waals surface area contributed by atoms with Gasteiger partial charge in [0.15, 0.2) is 5.78 Å². The minimum atomic E-state index is 0.152. The second kappa shape index (κ2) is 5.39. The minimum absolute atomic E-state index is 0.152. The van der Waals surface area contributed by atoms with Crippen molar-refractivity contribution in [1.82, 2.24) is 4.98 Å². The lowest BCUT2D eigenvalue weighted by Crippen LogP contribution is -2.03. The van der Waals surface area contributed by atoms with E-state index < -0.39 is 0 Å². The zero-order chi connectivity index (χ0) is 12.1. The lowest BCUT2D eigenvalue weighted by Gasteiger charge is -2.02. The summed E-state index contributed by atoms with van der Waals surface area (Å²) in [5, 5.41) is 0. The third-order valence-corrected chi connectivity index (χ3v) is 2.80. The fourth-order valence-electron chi connectivity index (χ4n) is 1.71. The summed E-state index contributed by atoms with van der Waals surface area (Å²) in [5.41, 5.74) is 3.04. The molecular weight excluding hydrogens is 210 g/mol. The second-order valence-corrected chi connectivity index (χ2v) is 4.01. The molecule has 0 bridgehead atoms. The second-order valence-electron chi connectivity index (χ2n) is 4.01. The molecule has 0 amide bonds. The molecule has 0 unspecified atom stereocenters. The molecule has 86 valence electrons. The maximum Gasteiger partial charge on any atom is 0.167 e. The van der Waals surface area contributed by atoms with Crippen molar-refractivity contribution in [3.8, 4) is 0 Å². The molecule has 2 heteroatoms. The van der Waals surface area contributed by atoms with Crippen LogP contribution >= 0.6 is 0 Å². The van der Waals surface area contributed by atoms with Crippen molar-refractivity contribution < 1.29 is 4.79 Å². The first-order valence-electron chi connectivity index (χ1n) is 5.80. The Morgan fingerprint density at radius 2 is 1.65 bits per heavy atom. The van der Waals surface area contributed by atoms with E-state index in [4.69, 9.17) is 0 Å². The molecule has 2 nitrogen and oxygen atoms in total. The Bertz CT molecular complexity index is 488. The molecular formula is C15H15NO. The molecule has 2 aromatic rings. The number of rotatable bonds is 4. The molecule has 17 heavy (non-hydrogen) atoms. The lowest BCUT2D eigenvalue weighted by molar-refractivity contribution is 0.0993. The monoisotopic (exact) mass is 225 g/mol. The molecule has 0 spiro atoms. The lowest BCUT2D eigenvalue weighted by atomic mass is 10.0. The maximum atomic E-state index is 12.0. The quantitative estimate of drug-likeness (QED) is 0.748. The van der Waals surface area contributed by atoms with Gasteiger partial charge in [0, 0.05) is 24.4 Å². The molecule has 0 N–H and O–H groups in total. The normalized spacial score (nSPS) is 10.2. The van der Waals surface area contributed by atoms with E-state index in [1.165, 1.54) is 5.56 Å². The summed E-state index contributed by atoms with van der Waals surface area (Å²) in [7, 11) is 0. The predicted octanol–water partition coefficient (Wildman–Crippen LogP) is 3.07. The number of ketones is 1. The van der Waals surface area contributed by atoms with Crippen LogP contribution in [0.3, 0.4) is 0 Å². The summed E-state index contributed by atoms with van der Waals surface area (Å²) in [6.45, 7) is 2.10. The zero-order valence-electron chi connectivity index (χ0n) is 9.89. The molecule has 0 saturated carbocycles. The molecule has 0 saturated heterocycles. The first kappa shape index (κ1) is 11.5. The third kappa shape index (κ3) is 3.00. The summed E-state index contributed by atoms with van der Waals surface area (Å²) in [6.07, 6.45) is 4.86. The average Bonchev–Trinajstić information content (AvgIpc) is 2.40. The van der Waals surface area contributed by atoms with Crippen LogP contribution in [0.2, 0.25) is 0 Å². The molecule has 1 aromatic heterocycles. The number of pyridine rings is 1. The van der Waals surface area contributed by atoms with Crippen molar-refractivity contribution >= 4 is 5.78 Å². The number of carbonyl (C=O) groups is 1. The van der Waals surface area contributed by atoms with Gasteiger partial charge in [-0.25, -0.2) is 0 Å². The van der Waals surface area contributed by atoms with Crippen LogP contribution in [0.1, 0.15) is 28.4 Å². The highest BCUT2D eigenvalue weighted by atomic mass is 16.1. The Kier molecular flexibility index (Phi) is 3.66. The number of aromatic nitrogens is 1. The van der Waals surface area contributed by atoms with Gasteiger partial charge in [-0.1, -0.05) is 31.2 Å². The highest BCUT2D eigenvalue weighted by Crippen LogP contribution is 2.09. The molecule has 0 aliphatic carbocycles. The van der Waals surface area contributed by atoms with Crippen LogP contribution < -0.4 is 0 Å². The van der Waals surface area contributed by atoms with Gasteiger partial charge in [0.1, 0.15) is 0 Å². The molecule has 0 aliphatic rings. The van der Waals surface area contributed by atoms with E-state index in [1.54, 1.807) is 12.4 Å². The Labute approximate surface area is 101 Å². The number of carbonyl (C=O) groups excluding carboxylic acids is 1. The average molecular weight is 225 g/mol. The molecule has 0 aliphatic heterocycles. The van der Waals surface area contributed by atoms with Crippen molar-refractivity contribution in [3.63, 3.8) is 0 Å². The summed E-state index contributed by atoms with van der Waals surface area (Å²) in [4.78, 5) is 15.9. The highest BCUT2D eigenvalue weighted by Gasteiger charge is 2.06. The van der Waals surface area contributed by atoms with E-state index in [9.17, 15) is 4.79 Å². The first-order chi connectivity index (χ1) is 8.29. The van der Waals surface area contributed by atoms with Crippen molar-refractivity contribution in [2.24, 2.45) is 0 Å². The van der Waals surface area contributed by atoms with E-state index in [1.807, 2.05) is 36.4 Å². The zero-order valence-corrected chi connectivity index (χ0v) is 9.89. The Hall–Kier alpha value is -1.96. The van der Waals surface area contributed by atoms with Crippen LogP contribution in [0.15, 0.2) is 48.8 Å². The van der Waals surface area contributed by atoms with Crippen LogP contribution in [0, 0.1) is 0 Å². The minimum Gasteiger partial charge on any atom is -0.294 e. The van der Waals surface area contributed by atoms with Crippen LogP contribution in [0.25, 0.3) is 0 Å². The van der Waals surface area contributed by atoms with Crippen LogP contribution in [-0.4, -0.2) is 10.8 Å². The van der Waals surface area contributed by atoms with E-state index in [2.05, 4.69) is 11.9 Å². The number of Topliss-reactive ketones (excluding diaryl/α,β-unsaturated/α-hetero) is 1. The van der Waals surface area contributed by atoms with Gasteiger partial charge in [0.2, 0.25) is 0 Å². The molecule has 2 rings (SSSR count). The van der Waals surface area contributed by atoms with E-state index in [0.29, 0.717) is 6.42 Å². The molecule has 0 radical (unpaired) electrons. The molecule has 0 fully saturated rings. The number of hydrogen-bond donors (Lipinski definition) is 0. The fourth-order valence-corrected chi connectivity index (χ4v) is 1.71. The van der Waals surface area contributed by atoms with Crippen molar-refractivity contribution in [3.05, 3.63) is 65.5 Å². The molecule has 1 heterocycles. The SMILES string of the molecule is CCc1ccc(C(=O)Cc2ccncc2)cc1. The molecule has 0 atom stereocenters. The van der Waals surface area contributed by atoms with Gasteiger partial charge in [-0.3, -0.25) is 9.78 Å². The summed E-state index contributed by atoms with van der Waals surface area (Å²) in [5.74, 6) is 0.152. The van der Waals surface area contributed by atoms with Gasteiger partial charge >= 0.3 is 0 Å². The van der Waals surface area contributed by atoms with Crippen molar-refractivity contribution in [2.45, 2.75) is 19.8 Å². The van der Waals surface area contributed by atoms with Gasteiger partial charge in [-0.2, -0.15) is 0 Å². The third-order valence-electron chi connectivity index (χ3n) is 2.80. The number of nitrogens with zero attached hydrogens (tertiary/aromatic N) is 1.